The molecule has 5 heteroatoms. The van der Waals surface area contributed by atoms with Crippen LogP contribution in [0, 0.1) is 12.3 Å². The van der Waals surface area contributed by atoms with Gasteiger partial charge < -0.3 is 10.1 Å². The van der Waals surface area contributed by atoms with E-state index in [1.165, 1.54) is 4.88 Å². The second-order valence-corrected chi connectivity index (χ2v) is 6.54. The average molecular weight is 365 g/mol. The number of ether oxygens (including phenoxy) is 1. The number of nitrogens with zero attached hydrogens (tertiary/aromatic N) is 1. The molecule has 0 saturated heterocycles. The van der Waals surface area contributed by atoms with E-state index in [4.69, 9.17) is 11.2 Å². The van der Waals surface area contributed by atoms with E-state index in [2.05, 4.69) is 39.1 Å². The molecule has 0 fully saturated rings. The molecule has 0 aliphatic heterocycles. The lowest BCUT2D eigenvalue weighted by Crippen LogP contribution is -2.13. The molecular weight excluding hydrogens is 348 g/mol. The van der Waals surface area contributed by atoms with Crippen molar-refractivity contribution in [3.05, 3.63) is 44.3 Å². The minimum atomic E-state index is 0.279. The van der Waals surface area contributed by atoms with Gasteiger partial charge in [-0.2, -0.15) is 0 Å². The molecule has 110 valence electrons. The molecular formula is C16H17BrN2OS. The highest BCUT2D eigenvalue weighted by molar-refractivity contribution is 9.10. The van der Waals surface area contributed by atoms with E-state index in [1.54, 1.807) is 11.3 Å². The fraction of sp³-hybridized carbons (Fsp3) is 0.312. The Morgan fingerprint density at radius 2 is 2.29 bits per heavy atom. The van der Waals surface area contributed by atoms with Crippen LogP contribution >= 0.6 is 27.3 Å². The van der Waals surface area contributed by atoms with Gasteiger partial charge in [0, 0.05) is 34.2 Å². The van der Waals surface area contributed by atoms with E-state index in [-0.39, 0.29) is 6.61 Å². The largest absolute Gasteiger partial charge is 0.481 e. The fourth-order valence-electron chi connectivity index (χ4n) is 1.84. The smallest absolute Gasteiger partial charge is 0.148 e. The normalized spacial score (nSPS) is 10.3. The number of thiazole rings is 1. The predicted molar refractivity (Wildman–Crippen MR) is 90.5 cm³/mol. The lowest BCUT2D eigenvalue weighted by Gasteiger charge is -2.10. The minimum Gasteiger partial charge on any atom is -0.481 e. The molecule has 0 spiro atoms. The number of aromatic nitrogens is 1. The molecule has 21 heavy (non-hydrogen) atoms. The van der Waals surface area contributed by atoms with Crippen molar-refractivity contribution in [2.45, 2.75) is 26.4 Å². The maximum Gasteiger partial charge on any atom is 0.148 e. The minimum absolute atomic E-state index is 0.279. The van der Waals surface area contributed by atoms with Gasteiger partial charge in [0.15, 0.2) is 0 Å². The molecule has 1 heterocycles. The molecule has 1 aromatic carbocycles. The first kappa shape index (κ1) is 16.0. The molecule has 0 bridgehead atoms. The zero-order valence-electron chi connectivity index (χ0n) is 11.9. The van der Waals surface area contributed by atoms with E-state index in [1.807, 2.05) is 24.4 Å². The van der Waals surface area contributed by atoms with Crippen LogP contribution in [-0.4, -0.2) is 11.6 Å². The second-order valence-electron chi connectivity index (χ2n) is 4.42. The van der Waals surface area contributed by atoms with Gasteiger partial charge >= 0.3 is 0 Å². The zero-order valence-corrected chi connectivity index (χ0v) is 14.3. The molecule has 1 N–H and O–H groups in total. The predicted octanol–water partition coefficient (Wildman–Crippen LogP) is 3.77. The van der Waals surface area contributed by atoms with Crippen molar-refractivity contribution < 1.29 is 4.74 Å². The standard InChI is InChI=1S/C16H17BrN2OS/c1-3-7-20-15-6-5-13(17)8-12(15)9-18-11-16-19-10-14(4-2)21-16/h1,5-6,8,10,18H,4,7,9,11H2,2H3. The lowest BCUT2D eigenvalue weighted by molar-refractivity contribution is 0.364. The van der Waals surface area contributed by atoms with Crippen molar-refractivity contribution in [1.29, 1.82) is 0 Å². The van der Waals surface area contributed by atoms with Gasteiger partial charge in [0.25, 0.3) is 0 Å². The van der Waals surface area contributed by atoms with E-state index < -0.39 is 0 Å². The van der Waals surface area contributed by atoms with Crippen LogP contribution in [-0.2, 0) is 19.5 Å². The Morgan fingerprint density at radius 1 is 1.43 bits per heavy atom. The molecule has 0 radical (unpaired) electrons. The van der Waals surface area contributed by atoms with Crippen molar-refractivity contribution >= 4 is 27.3 Å². The summed E-state index contributed by atoms with van der Waals surface area (Å²) in [7, 11) is 0. The van der Waals surface area contributed by atoms with Crippen LogP contribution in [0.3, 0.4) is 0 Å². The number of terminal acetylenes is 1. The van der Waals surface area contributed by atoms with E-state index in [0.29, 0.717) is 6.54 Å². The Bertz CT molecular complexity index is 633. The molecule has 0 saturated carbocycles. The fourth-order valence-corrected chi connectivity index (χ4v) is 3.08. The lowest BCUT2D eigenvalue weighted by atomic mass is 10.2. The third-order valence-corrected chi connectivity index (χ3v) is 4.51. The van der Waals surface area contributed by atoms with E-state index in [9.17, 15) is 0 Å². The quantitative estimate of drug-likeness (QED) is 0.759. The summed E-state index contributed by atoms with van der Waals surface area (Å²) in [5.41, 5.74) is 1.08. The Kier molecular flexibility index (Phi) is 6.24. The Balaban J connectivity index is 1.95. The summed E-state index contributed by atoms with van der Waals surface area (Å²) in [6, 6.07) is 5.92. The third kappa shape index (κ3) is 4.85. The van der Waals surface area contributed by atoms with Crippen molar-refractivity contribution in [1.82, 2.24) is 10.3 Å². The Labute approximate surface area is 137 Å². The Hall–Kier alpha value is -1.35. The number of nitrogens with one attached hydrogen (secondary N) is 1. The number of benzene rings is 1. The van der Waals surface area contributed by atoms with Crippen LogP contribution in [0.2, 0.25) is 0 Å². The average Bonchev–Trinajstić information content (AvgIpc) is 2.94. The summed E-state index contributed by atoms with van der Waals surface area (Å²) in [4.78, 5) is 5.71. The Morgan fingerprint density at radius 3 is 3.00 bits per heavy atom. The van der Waals surface area contributed by atoms with Gasteiger partial charge in [0.1, 0.15) is 17.4 Å². The first-order valence-corrected chi connectivity index (χ1v) is 8.33. The third-order valence-electron chi connectivity index (χ3n) is 2.88. The molecule has 0 amide bonds. The van der Waals surface area contributed by atoms with Crippen molar-refractivity contribution in [2.24, 2.45) is 0 Å². The highest BCUT2D eigenvalue weighted by Gasteiger charge is 2.05. The number of hydrogen-bond acceptors (Lipinski definition) is 4. The van der Waals surface area contributed by atoms with Gasteiger partial charge in [-0.15, -0.1) is 17.8 Å². The number of halogens is 1. The number of hydrogen-bond donors (Lipinski definition) is 1. The second kappa shape index (κ2) is 8.18. The first-order valence-electron chi connectivity index (χ1n) is 6.72. The summed E-state index contributed by atoms with van der Waals surface area (Å²) in [5.74, 6) is 3.30. The molecule has 0 atom stereocenters. The summed E-state index contributed by atoms with van der Waals surface area (Å²) >= 11 is 5.23. The monoisotopic (exact) mass is 364 g/mol. The number of rotatable bonds is 7. The van der Waals surface area contributed by atoms with Gasteiger partial charge in [-0.05, 0) is 24.6 Å². The molecule has 2 aromatic rings. The van der Waals surface area contributed by atoms with Crippen LogP contribution in [0.4, 0.5) is 0 Å². The van der Waals surface area contributed by atoms with E-state index >= 15 is 0 Å². The molecule has 0 unspecified atom stereocenters. The topological polar surface area (TPSA) is 34.1 Å². The van der Waals surface area contributed by atoms with Crippen LogP contribution < -0.4 is 10.1 Å². The molecule has 1 aromatic heterocycles. The molecule has 3 nitrogen and oxygen atoms in total. The van der Waals surface area contributed by atoms with Gasteiger partial charge in [0.05, 0.1) is 0 Å². The highest BCUT2D eigenvalue weighted by atomic mass is 79.9. The van der Waals surface area contributed by atoms with Crippen molar-refractivity contribution in [2.75, 3.05) is 6.61 Å². The summed E-state index contributed by atoms with van der Waals surface area (Å²) in [6.45, 7) is 3.88. The van der Waals surface area contributed by atoms with Gasteiger partial charge in [-0.1, -0.05) is 28.8 Å². The van der Waals surface area contributed by atoms with Crippen LogP contribution in [0.1, 0.15) is 22.4 Å². The van der Waals surface area contributed by atoms with Crippen LogP contribution in [0.25, 0.3) is 0 Å². The van der Waals surface area contributed by atoms with Gasteiger partial charge in [-0.25, -0.2) is 4.98 Å². The van der Waals surface area contributed by atoms with Crippen LogP contribution in [0.5, 0.6) is 5.75 Å². The summed E-state index contributed by atoms with van der Waals surface area (Å²) < 4.78 is 6.58. The SMILES string of the molecule is C#CCOc1ccc(Br)cc1CNCc1ncc(CC)s1. The molecule has 0 aliphatic rings. The maximum atomic E-state index is 5.56. The van der Waals surface area contributed by atoms with Crippen molar-refractivity contribution in [3.63, 3.8) is 0 Å². The highest BCUT2D eigenvalue weighted by Crippen LogP contribution is 2.23. The summed E-state index contributed by atoms with van der Waals surface area (Å²) in [6.07, 6.45) is 8.22. The number of aryl methyl sites for hydroxylation is 1. The zero-order chi connectivity index (χ0) is 15.1. The van der Waals surface area contributed by atoms with Crippen LogP contribution in [0.15, 0.2) is 28.9 Å². The van der Waals surface area contributed by atoms with Crippen molar-refractivity contribution in [3.8, 4) is 18.1 Å². The first-order chi connectivity index (χ1) is 10.2. The van der Waals surface area contributed by atoms with Gasteiger partial charge in [-0.3, -0.25) is 0 Å². The summed E-state index contributed by atoms with van der Waals surface area (Å²) in [5, 5.41) is 4.50. The van der Waals surface area contributed by atoms with E-state index in [0.717, 1.165) is 33.8 Å². The van der Waals surface area contributed by atoms with Gasteiger partial charge in [0.2, 0.25) is 0 Å². The maximum absolute atomic E-state index is 5.56. The molecule has 2 rings (SSSR count). The molecule has 0 aliphatic carbocycles.